The lowest BCUT2D eigenvalue weighted by molar-refractivity contribution is 0.0730. The number of hydrogen-bond donors (Lipinski definition) is 0. The summed E-state index contributed by atoms with van der Waals surface area (Å²) < 4.78 is 23.4. The molecule has 0 amide bonds. The zero-order valence-electron chi connectivity index (χ0n) is 40.5. The van der Waals surface area contributed by atoms with E-state index in [1.165, 1.54) is 116 Å². The third-order valence-electron chi connectivity index (χ3n) is 11.9. The molecular formula is C59H74N2O6. The van der Waals surface area contributed by atoms with E-state index in [2.05, 4.69) is 23.8 Å². The lowest BCUT2D eigenvalue weighted by Gasteiger charge is -2.12. The van der Waals surface area contributed by atoms with E-state index < -0.39 is 11.9 Å². The van der Waals surface area contributed by atoms with Crippen molar-refractivity contribution < 1.29 is 28.5 Å². The standard InChI is InChI=1S/C59H74N2O6/c1-4-6-8-10-12-14-16-18-20-22-43-64-54-39-35-52(36-40-54)60-45-48-27-31-50(32-28-48)58(62)66-56-25-24-26-57(47(56)3)67-59(63)51-33-29-49(30-34-51)46-61-53-37-41-55(42-38-53)65-44-23-21-19-17-15-13-11-9-7-5-2/h24-42,45-46H,4-23,43-44H2,1-3H3. The van der Waals surface area contributed by atoms with Gasteiger partial charge in [0.1, 0.15) is 23.0 Å². The van der Waals surface area contributed by atoms with Gasteiger partial charge >= 0.3 is 11.9 Å². The molecule has 0 N–H and O–H groups in total. The molecule has 5 aromatic rings. The van der Waals surface area contributed by atoms with Crippen molar-refractivity contribution in [3.63, 3.8) is 0 Å². The Balaban J connectivity index is 0.992. The van der Waals surface area contributed by atoms with Gasteiger partial charge in [0.15, 0.2) is 0 Å². The maximum Gasteiger partial charge on any atom is 0.343 e. The smallest absolute Gasteiger partial charge is 0.343 e. The second-order valence-corrected chi connectivity index (χ2v) is 17.5. The predicted molar refractivity (Wildman–Crippen MR) is 276 cm³/mol. The van der Waals surface area contributed by atoms with Crippen LogP contribution < -0.4 is 18.9 Å². The average Bonchev–Trinajstić information content (AvgIpc) is 3.35. The van der Waals surface area contributed by atoms with Gasteiger partial charge in [-0.2, -0.15) is 0 Å². The number of nitrogens with zero attached hydrogens (tertiary/aromatic N) is 2. The van der Waals surface area contributed by atoms with E-state index in [0.29, 0.717) is 28.2 Å². The summed E-state index contributed by atoms with van der Waals surface area (Å²) >= 11 is 0. The van der Waals surface area contributed by atoms with Gasteiger partial charge < -0.3 is 18.9 Å². The van der Waals surface area contributed by atoms with Crippen molar-refractivity contribution in [3.8, 4) is 23.0 Å². The summed E-state index contributed by atoms with van der Waals surface area (Å²) in [6.07, 6.45) is 29.6. The third kappa shape index (κ3) is 20.2. The van der Waals surface area contributed by atoms with Gasteiger partial charge in [0, 0.05) is 18.0 Å². The molecule has 356 valence electrons. The monoisotopic (exact) mass is 907 g/mol. The third-order valence-corrected chi connectivity index (χ3v) is 11.9. The molecule has 8 nitrogen and oxygen atoms in total. The molecule has 0 aliphatic carbocycles. The number of esters is 2. The number of benzene rings is 5. The SMILES string of the molecule is CCCCCCCCCCCCOc1ccc(N=Cc2ccc(C(=O)Oc3cccc(OC(=O)c4ccc(C=Nc5ccc(OCCCCCCCCCCCC)cc5)cc4)c3C)cc2)cc1. The quantitative estimate of drug-likeness (QED) is 0.0185. The van der Waals surface area contributed by atoms with E-state index in [4.69, 9.17) is 18.9 Å². The molecule has 0 heterocycles. The Kier molecular flexibility index (Phi) is 24.1. The Morgan fingerprint density at radius 2 is 0.746 bits per heavy atom. The van der Waals surface area contributed by atoms with Crippen LogP contribution in [0.15, 0.2) is 125 Å². The van der Waals surface area contributed by atoms with Crippen LogP contribution in [-0.4, -0.2) is 37.6 Å². The minimum Gasteiger partial charge on any atom is -0.494 e. The summed E-state index contributed by atoms with van der Waals surface area (Å²) in [5.74, 6) is 1.26. The highest BCUT2D eigenvalue weighted by molar-refractivity contribution is 5.94. The normalized spacial score (nSPS) is 11.3. The Hall–Kier alpha value is -6.02. The van der Waals surface area contributed by atoms with E-state index in [1.54, 1.807) is 61.8 Å². The van der Waals surface area contributed by atoms with Crippen molar-refractivity contribution in [2.24, 2.45) is 9.98 Å². The van der Waals surface area contributed by atoms with Crippen molar-refractivity contribution >= 4 is 35.7 Å². The molecule has 0 saturated heterocycles. The Morgan fingerprint density at radius 3 is 1.09 bits per heavy atom. The second kappa shape index (κ2) is 31.0. The molecule has 0 radical (unpaired) electrons. The lowest BCUT2D eigenvalue weighted by Crippen LogP contribution is -2.12. The number of unbranched alkanes of at least 4 members (excludes halogenated alkanes) is 18. The van der Waals surface area contributed by atoms with Crippen LogP contribution in [-0.2, 0) is 0 Å². The number of carbonyl (C=O) groups is 2. The summed E-state index contributed by atoms with van der Waals surface area (Å²) in [4.78, 5) is 35.5. The summed E-state index contributed by atoms with van der Waals surface area (Å²) in [5, 5.41) is 0. The van der Waals surface area contributed by atoms with Crippen LogP contribution in [0.2, 0.25) is 0 Å². The van der Waals surface area contributed by atoms with E-state index >= 15 is 0 Å². The van der Waals surface area contributed by atoms with Crippen molar-refractivity contribution in [1.82, 2.24) is 0 Å². The Morgan fingerprint density at radius 1 is 0.418 bits per heavy atom. The molecule has 0 spiro atoms. The summed E-state index contributed by atoms with van der Waals surface area (Å²) in [5.41, 5.74) is 4.60. The molecule has 0 saturated carbocycles. The van der Waals surface area contributed by atoms with Crippen LogP contribution in [0, 0.1) is 6.92 Å². The topological polar surface area (TPSA) is 95.8 Å². The molecule has 0 aliphatic rings. The summed E-state index contributed by atoms with van der Waals surface area (Å²) in [6, 6.07) is 34.7. The van der Waals surface area contributed by atoms with Gasteiger partial charge in [-0.05, 0) is 116 Å². The zero-order chi connectivity index (χ0) is 47.2. The van der Waals surface area contributed by atoms with Crippen LogP contribution >= 0.6 is 0 Å². The van der Waals surface area contributed by atoms with Crippen LogP contribution in [0.1, 0.15) is 180 Å². The van der Waals surface area contributed by atoms with Crippen molar-refractivity contribution in [3.05, 3.63) is 143 Å². The zero-order valence-corrected chi connectivity index (χ0v) is 40.5. The Bertz CT molecular complexity index is 2060. The van der Waals surface area contributed by atoms with Crippen LogP contribution in [0.5, 0.6) is 23.0 Å². The predicted octanol–water partition coefficient (Wildman–Crippen LogP) is 16.5. The average molecular weight is 907 g/mol. The van der Waals surface area contributed by atoms with E-state index in [0.717, 1.165) is 60.1 Å². The fourth-order valence-corrected chi connectivity index (χ4v) is 7.66. The maximum absolute atomic E-state index is 13.1. The molecule has 8 heteroatoms. The van der Waals surface area contributed by atoms with E-state index in [-0.39, 0.29) is 0 Å². The molecule has 67 heavy (non-hydrogen) atoms. The van der Waals surface area contributed by atoms with Gasteiger partial charge in [-0.1, -0.05) is 160 Å². The first-order valence-corrected chi connectivity index (χ1v) is 25.2. The van der Waals surface area contributed by atoms with Gasteiger partial charge in [-0.25, -0.2) is 9.59 Å². The number of aliphatic imine (C=N–C) groups is 2. The van der Waals surface area contributed by atoms with Gasteiger partial charge in [0.2, 0.25) is 0 Å². The number of rotatable bonds is 32. The first-order valence-electron chi connectivity index (χ1n) is 25.2. The number of carbonyl (C=O) groups excluding carboxylic acids is 2. The first-order chi connectivity index (χ1) is 32.9. The van der Waals surface area contributed by atoms with Crippen molar-refractivity contribution in [1.29, 1.82) is 0 Å². The molecule has 5 rings (SSSR count). The maximum atomic E-state index is 13.1. The number of ether oxygens (including phenoxy) is 4. The molecule has 0 unspecified atom stereocenters. The molecule has 0 bridgehead atoms. The van der Waals surface area contributed by atoms with Crippen LogP contribution in [0.25, 0.3) is 0 Å². The fourth-order valence-electron chi connectivity index (χ4n) is 7.66. The summed E-state index contributed by atoms with van der Waals surface area (Å²) in [6.45, 7) is 7.73. The van der Waals surface area contributed by atoms with Crippen LogP contribution in [0.4, 0.5) is 11.4 Å². The molecule has 0 aromatic heterocycles. The molecule has 0 fully saturated rings. The highest BCUT2D eigenvalue weighted by Gasteiger charge is 2.16. The fraction of sp³-hybridized carbons (Fsp3) is 0.424. The minimum atomic E-state index is -0.524. The van der Waals surface area contributed by atoms with Gasteiger partial charge in [-0.15, -0.1) is 0 Å². The van der Waals surface area contributed by atoms with Crippen molar-refractivity contribution in [2.45, 2.75) is 149 Å². The van der Waals surface area contributed by atoms with Crippen LogP contribution in [0.3, 0.4) is 0 Å². The van der Waals surface area contributed by atoms with Gasteiger partial charge in [-0.3, -0.25) is 9.98 Å². The Labute approximate surface area is 401 Å². The lowest BCUT2D eigenvalue weighted by atomic mass is 10.1. The number of hydrogen-bond acceptors (Lipinski definition) is 8. The van der Waals surface area contributed by atoms with Crippen molar-refractivity contribution in [2.75, 3.05) is 13.2 Å². The van der Waals surface area contributed by atoms with Gasteiger partial charge in [0.25, 0.3) is 0 Å². The second-order valence-electron chi connectivity index (χ2n) is 17.5. The largest absolute Gasteiger partial charge is 0.494 e. The molecule has 0 atom stereocenters. The van der Waals surface area contributed by atoms with E-state index in [9.17, 15) is 9.59 Å². The molecule has 0 aliphatic heterocycles. The minimum absolute atomic E-state index is 0.303. The van der Waals surface area contributed by atoms with Gasteiger partial charge in [0.05, 0.1) is 35.7 Å². The molecule has 5 aromatic carbocycles. The highest BCUT2D eigenvalue weighted by Crippen LogP contribution is 2.29. The highest BCUT2D eigenvalue weighted by atomic mass is 16.5. The van der Waals surface area contributed by atoms with E-state index in [1.807, 2.05) is 72.8 Å². The first kappa shape index (κ1) is 52.0. The summed E-state index contributed by atoms with van der Waals surface area (Å²) in [7, 11) is 0. The molecular weight excluding hydrogens is 833 g/mol.